The summed E-state index contributed by atoms with van der Waals surface area (Å²) in [6, 6.07) is 7.41. The Morgan fingerprint density at radius 3 is 2.75 bits per heavy atom. The molecule has 2 aromatic rings. The highest BCUT2D eigenvalue weighted by Crippen LogP contribution is 2.27. The largest absolute Gasteiger partial charge is 0.478 e. The molecule has 0 bridgehead atoms. The Bertz CT molecular complexity index is 670. The SMILES string of the molecule is Cc1cc(C(=O)O)c(NC(=S)Nc2cccc(F)c2)s1. The molecule has 104 valence electrons. The van der Waals surface area contributed by atoms with Crippen molar-refractivity contribution in [2.45, 2.75) is 6.92 Å². The minimum Gasteiger partial charge on any atom is -0.478 e. The van der Waals surface area contributed by atoms with Gasteiger partial charge in [-0.25, -0.2) is 9.18 Å². The summed E-state index contributed by atoms with van der Waals surface area (Å²) >= 11 is 6.38. The van der Waals surface area contributed by atoms with Crippen molar-refractivity contribution in [1.29, 1.82) is 0 Å². The van der Waals surface area contributed by atoms with Crippen LogP contribution in [0.25, 0.3) is 0 Å². The first-order valence-corrected chi connectivity index (χ1v) is 6.85. The van der Waals surface area contributed by atoms with Crippen LogP contribution in [0.2, 0.25) is 0 Å². The number of carboxylic acid groups (broad SMARTS) is 1. The predicted molar refractivity (Wildman–Crippen MR) is 82.3 cm³/mol. The van der Waals surface area contributed by atoms with Crippen LogP contribution in [0.5, 0.6) is 0 Å². The van der Waals surface area contributed by atoms with Crippen molar-refractivity contribution in [2.75, 3.05) is 10.6 Å². The van der Waals surface area contributed by atoms with Crippen molar-refractivity contribution in [2.24, 2.45) is 0 Å². The van der Waals surface area contributed by atoms with E-state index in [0.29, 0.717) is 10.7 Å². The predicted octanol–water partition coefficient (Wildman–Crippen LogP) is 3.70. The van der Waals surface area contributed by atoms with E-state index >= 15 is 0 Å². The van der Waals surface area contributed by atoms with Gasteiger partial charge in [0.15, 0.2) is 5.11 Å². The molecule has 4 nitrogen and oxygen atoms in total. The Labute approximate surface area is 124 Å². The first-order chi connectivity index (χ1) is 9.45. The fourth-order valence-electron chi connectivity index (χ4n) is 1.60. The van der Waals surface area contributed by atoms with Gasteiger partial charge in [-0.3, -0.25) is 0 Å². The van der Waals surface area contributed by atoms with Crippen LogP contribution in [-0.4, -0.2) is 16.2 Å². The van der Waals surface area contributed by atoms with Crippen LogP contribution < -0.4 is 10.6 Å². The molecular formula is C13H11FN2O2S2. The fourth-order valence-corrected chi connectivity index (χ4v) is 2.79. The maximum atomic E-state index is 13.0. The van der Waals surface area contributed by atoms with Crippen LogP contribution in [-0.2, 0) is 0 Å². The van der Waals surface area contributed by atoms with Crippen LogP contribution in [0, 0.1) is 12.7 Å². The molecule has 20 heavy (non-hydrogen) atoms. The lowest BCUT2D eigenvalue weighted by Crippen LogP contribution is -2.19. The van der Waals surface area contributed by atoms with Crippen molar-refractivity contribution in [3.05, 3.63) is 46.6 Å². The van der Waals surface area contributed by atoms with Crippen LogP contribution in [0.3, 0.4) is 0 Å². The average molecular weight is 310 g/mol. The first-order valence-electron chi connectivity index (χ1n) is 5.63. The molecule has 0 aliphatic heterocycles. The Kier molecular flexibility index (Phi) is 4.31. The van der Waals surface area contributed by atoms with Gasteiger partial charge in [0.1, 0.15) is 10.8 Å². The Morgan fingerprint density at radius 1 is 1.35 bits per heavy atom. The summed E-state index contributed by atoms with van der Waals surface area (Å²) in [7, 11) is 0. The number of benzene rings is 1. The van der Waals surface area contributed by atoms with Crippen molar-refractivity contribution in [1.82, 2.24) is 0 Å². The molecule has 1 aromatic carbocycles. The number of thiophene rings is 1. The molecule has 0 spiro atoms. The van der Waals surface area contributed by atoms with Gasteiger partial charge in [0.25, 0.3) is 0 Å². The maximum absolute atomic E-state index is 13.0. The summed E-state index contributed by atoms with van der Waals surface area (Å²) in [5.41, 5.74) is 0.656. The number of anilines is 2. The highest BCUT2D eigenvalue weighted by atomic mass is 32.1. The second kappa shape index (κ2) is 5.98. The lowest BCUT2D eigenvalue weighted by molar-refractivity contribution is 0.0698. The molecule has 7 heteroatoms. The molecule has 0 atom stereocenters. The van der Waals surface area contributed by atoms with Gasteiger partial charge in [-0.2, -0.15) is 0 Å². The minimum absolute atomic E-state index is 0.163. The third-order valence-electron chi connectivity index (χ3n) is 2.40. The summed E-state index contributed by atoms with van der Waals surface area (Å²) in [5.74, 6) is -1.40. The fraction of sp³-hybridized carbons (Fsp3) is 0.0769. The number of aryl methyl sites for hydroxylation is 1. The molecule has 1 aromatic heterocycles. The molecule has 0 aliphatic rings. The third-order valence-corrected chi connectivity index (χ3v) is 3.57. The maximum Gasteiger partial charge on any atom is 0.338 e. The van der Waals surface area contributed by atoms with Crippen molar-refractivity contribution in [3.63, 3.8) is 0 Å². The van der Waals surface area contributed by atoms with Crippen LogP contribution >= 0.6 is 23.6 Å². The molecule has 3 N–H and O–H groups in total. The highest BCUT2D eigenvalue weighted by molar-refractivity contribution is 7.80. The van der Waals surface area contributed by atoms with Crippen LogP contribution in [0.4, 0.5) is 15.1 Å². The molecule has 1 heterocycles. The van der Waals surface area contributed by atoms with Gasteiger partial charge < -0.3 is 15.7 Å². The Hall–Kier alpha value is -1.99. The van der Waals surface area contributed by atoms with Crippen molar-refractivity contribution < 1.29 is 14.3 Å². The number of carboxylic acids is 1. The number of hydrogen-bond acceptors (Lipinski definition) is 3. The number of nitrogens with one attached hydrogen (secondary N) is 2. The van der Waals surface area contributed by atoms with E-state index in [0.717, 1.165) is 4.88 Å². The molecule has 0 unspecified atom stereocenters. The van der Waals surface area contributed by atoms with Gasteiger partial charge in [0.05, 0.1) is 5.56 Å². The normalized spacial score (nSPS) is 10.1. The lowest BCUT2D eigenvalue weighted by Gasteiger charge is -2.09. The summed E-state index contributed by atoms with van der Waals surface area (Å²) < 4.78 is 13.0. The Morgan fingerprint density at radius 2 is 2.10 bits per heavy atom. The smallest absolute Gasteiger partial charge is 0.338 e. The van der Waals surface area contributed by atoms with E-state index in [-0.39, 0.29) is 16.5 Å². The van der Waals surface area contributed by atoms with Gasteiger partial charge in [-0.15, -0.1) is 11.3 Å². The molecule has 0 aliphatic carbocycles. The van der Waals surface area contributed by atoms with E-state index in [1.54, 1.807) is 18.2 Å². The van der Waals surface area contributed by atoms with Gasteiger partial charge in [0.2, 0.25) is 0 Å². The molecular weight excluding hydrogens is 299 g/mol. The minimum atomic E-state index is -1.02. The molecule has 0 amide bonds. The van der Waals surface area contributed by atoms with E-state index in [2.05, 4.69) is 10.6 Å². The van der Waals surface area contributed by atoms with Gasteiger partial charge >= 0.3 is 5.97 Å². The number of rotatable bonds is 3. The number of carbonyl (C=O) groups is 1. The van der Waals surface area contributed by atoms with E-state index in [1.165, 1.54) is 23.5 Å². The number of thiocarbonyl (C=S) groups is 1. The van der Waals surface area contributed by atoms with Crippen molar-refractivity contribution in [3.8, 4) is 0 Å². The summed E-state index contributed by atoms with van der Waals surface area (Å²) in [4.78, 5) is 11.9. The van der Waals surface area contributed by atoms with Gasteiger partial charge in [0, 0.05) is 10.6 Å². The van der Waals surface area contributed by atoms with Crippen molar-refractivity contribution >= 4 is 45.3 Å². The molecule has 2 rings (SSSR count). The lowest BCUT2D eigenvalue weighted by atomic mass is 10.3. The topological polar surface area (TPSA) is 61.4 Å². The van der Waals surface area contributed by atoms with Crippen LogP contribution in [0.1, 0.15) is 15.2 Å². The first kappa shape index (κ1) is 14.4. The zero-order valence-electron chi connectivity index (χ0n) is 10.4. The third kappa shape index (κ3) is 3.52. The average Bonchev–Trinajstić information content (AvgIpc) is 2.70. The van der Waals surface area contributed by atoms with Gasteiger partial charge in [-0.05, 0) is 43.4 Å². The molecule has 0 radical (unpaired) electrons. The number of hydrogen-bond donors (Lipinski definition) is 3. The van der Waals surface area contributed by atoms with Crippen LogP contribution in [0.15, 0.2) is 30.3 Å². The van der Waals surface area contributed by atoms with E-state index in [9.17, 15) is 9.18 Å². The second-order valence-electron chi connectivity index (χ2n) is 3.99. The quantitative estimate of drug-likeness (QED) is 0.755. The monoisotopic (exact) mass is 310 g/mol. The molecule has 0 fully saturated rings. The number of halogens is 1. The van der Waals surface area contributed by atoms with E-state index in [4.69, 9.17) is 17.3 Å². The standard InChI is InChI=1S/C13H11FN2O2S2/c1-7-5-10(12(17)18)11(20-7)16-13(19)15-9-4-2-3-8(14)6-9/h2-6H,1H3,(H,17,18)(H2,15,16,19). The zero-order chi connectivity index (χ0) is 14.7. The molecule has 0 saturated carbocycles. The second-order valence-corrected chi connectivity index (χ2v) is 5.66. The molecule has 0 saturated heterocycles. The summed E-state index contributed by atoms with van der Waals surface area (Å²) in [6.45, 7) is 1.81. The zero-order valence-corrected chi connectivity index (χ0v) is 12.1. The Balaban J connectivity index is 2.10. The van der Waals surface area contributed by atoms with E-state index < -0.39 is 5.97 Å². The summed E-state index contributed by atoms with van der Waals surface area (Å²) in [5, 5.41) is 15.3. The summed E-state index contributed by atoms with van der Waals surface area (Å²) in [6.07, 6.45) is 0. The number of aromatic carboxylic acids is 1. The van der Waals surface area contributed by atoms with E-state index in [1.807, 2.05) is 6.92 Å². The van der Waals surface area contributed by atoms with Gasteiger partial charge in [-0.1, -0.05) is 6.07 Å². The highest BCUT2D eigenvalue weighted by Gasteiger charge is 2.14.